The second-order valence-corrected chi connectivity index (χ2v) is 10.3. The van der Waals surface area contributed by atoms with Crippen LogP contribution >= 0.6 is 0 Å². The highest BCUT2D eigenvalue weighted by molar-refractivity contribution is 5.90. The minimum atomic E-state index is -0.647. The van der Waals surface area contributed by atoms with E-state index in [0.717, 1.165) is 61.8 Å². The molecule has 0 aromatic heterocycles. The normalized spacial score (nSPS) is 29.6. The number of benzene rings is 2. The number of aliphatic carboxylic acids is 1. The van der Waals surface area contributed by atoms with Gasteiger partial charge in [-0.25, -0.2) is 0 Å². The molecule has 1 saturated carbocycles. The maximum Gasteiger partial charge on any atom is 0.306 e. The van der Waals surface area contributed by atoms with Gasteiger partial charge >= 0.3 is 5.97 Å². The molecule has 33 heavy (non-hydrogen) atoms. The van der Waals surface area contributed by atoms with E-state index in [4.69, 9.17) is 4.74 Å². The van der Waals surface area contributed by atoms with Crippen LogP contribution in [0, 0.1) is 23.2 Å². The van der Waals surface area contributed by atoms with Crippen molar-refractivity contribution in [3.05, 3.63) is 41.5 Å². The first-order valence-corrected chi connectivity index (χ1v) is 12.7. The van der Waals surface area contributed by atoms with Crippen LogP contribution in [0.15, 0.2) is 30.3 Å². The van der Waals surface area contributed by atoms with Gasteiger partial charge in [-0.3, -0.25) is 9.69 Å². The molecule has 2 bridgehead atoms. The number of carbonyl (C=O) groups is 1. The third-order valence-electron chi connectivity index (χ3n) is 8.42. The molecule has 174 valence electrons. The van der Waals surface area contributed by atoms with Gasteiger partial charge in [-0.2, -0.15) is 5.26 Å². The maximum atomic E-state index is 11.5. The number of nitrogens with zero attached hydrogens (tertiary/aromatic N) is 2. The van der Waals surface area contributed by atoms with Crippen LogP contribution in [0.1, 0.15) is 75.8 Å². The number of carboxylic acid groups (broad SMARTS) is 1. The van der Waals surface area contributed by atoms with Crippen molar-refractivity contribution in [3.63, 3.8) is 0 Å². The van der Waals surface area contributed by atoms with Crippen molar-refractivity contribution in [1.82, 2.24) is 4.90 Å². The Labute approximate surface area is 196 Å². The van der Waals surface area contributed by atoms with Crippen molar-refractivity contribution in [1.29, 1.82) is 5.26 Å². The lowest BCUT2D eigenvalue weighted by Gasteiger charge is -2.37. The number of rotatable bonds is 6. The first kappa shape index (κ1) is 22.2. The van der Waals surface area contributed by atoms with Crippen LogP contribution in [0.25, 0.3) is 10.8 Å². The van der Waals surface area contributed by atoms with Crippen molar-refractivity contribution in [2.24, 2.45) is 11.8 Å². The Hall–Kier alpha value is -2.58. The average molecular weight is 447 g/mol. The highest BCUT2D eigenvalue weighted by Crippen LogP contribution is 2.40. The Morgan fingerprint density at radius 1 is 1.09 bits per heavy atom. The molecule has 2 unspecified atom stereocenters. The van der Waals surface area contributed by atoms with E-state index in [-0.39, 0.29) is 12.0 Å². The van der Waals surface area contributed by atoms with Crippen LogP contribution in [0.4, 0.5) is 0 Å². The molecule has 5 heteroatoms. The van der Waals surface area contributed by atoms with E-state index in [2.05, 4.69) is 42.2 Å². The molecule has 0 amide bonds. The van der Waals surface area contributed by atoms with Gasteiger partial charge in [-0.05, 0) is 80.4 Å². The molecule has 0 spiro atoms. The van der Waals surface area contributed by atoms with E-state index in [1.54, 1.807) is 0 Å². The lowest BCUT2D eigenvalue weighted by Crippen LogP contribution is -2.44. The van der Waals surface area contributed by atoms with E-state index in [1.165, 1.54) is 24.8 Å². The topological polar surface area (TPSA) is 73.6 Å². The molecule has 2 aromatic carbocycles. The molecular weight excluding hydrogens is 412 g/mol. The second kappa shape index (κ2) is 9.35. The molecular formula is C28H34N2O3. The van der Waals surface area contributed by atoms with Crippen LogP contribution in [0.5, 0.6) is 5.75 Å². The standard InChI is InChI=1S/C28H34N2O3/c1-2-18-4-10-24(11-5-18)33-27-12-7-20-6-3-19(13-25(20)26(27)16-29)17-30-22-8-9-23(30)15-21(14-22)28(31)32/h3,6-7,12-13,18,21-24H,2,4-5,8-11,14-15,17H2,1H3,(H,31,32)/t18-,21?,22?,23?,24+. The van der Waals surface area contributed by atoms with Gasteiger partial charge in [-0.1, -0.05) is 31.5 Å². The summed E-state index contributed by atoms with van der Waals surface area (Å²) in [6.07, 6.45) is 9.67. The molecule has 3 fully saturated rings. The molecule has 3 aliphatic rings. The fourth-order valence-corrected chi connectivity index (χ4v) is 6.44. The lowest BCUT2D eigenvalue weighted by molar-refractivity contribution is -0.144. The maximum absolute atomic E-state index is 11.5. The minimum Gasteiger partial charge on any atom is -0.489 e. The summed E-state index contributed by atoms with van der Waals surface area (Å²) in [7, 11) is 0. The van der Waals surface area contributed by atoms with E-state index < -0.39 is 5.97 Å². The smallest absolute Gasteiger partial charge is 0.306 e. The number of nitriles is 1. The predicted molar refractivity (Wildman–Crippen MR) is 128 cm³/mol. The monoisotopic (exact) mass is 446 g/mol. The van der Waals surface area contributed by atoms with Gasteiger partial charge in [0.05, 0.1) is 12.0 Å². The zero-order chi connectivity index (χ0) is 22.9. The number of fused-ring (bicyclic) bond motifs is 3. The van der Waals surface area contributed by atoms with E-state index in [1.807, 2.05) is 6.07 Å². The molecule has 2 saturated heterocycles. The highest BCUT2D eigenvalue weighted by atomic mass is 16.5. The largest absolute Gasteiger partial charge is 0.489 e. The summed E-state index contributed by atoms with van der Waals surface area (Å²) in [6.45, 7) is 3.08. The summed E-state index contributed by atoms with van der Waals surface area (Å²) in [4.78, 5) is 14.0. The minimum absolute atomic E-state index is 0.201. The van der Waals surface area contributed by atoms with Gasteiger partial charge in [0, 0.05) is 24.0 Å². The third-order valence-corrected chi connectivity index (χ3v) is 8.42. The lowest BCUT2D eigenvalue weighted by atomic mass is 9.86. The molecule has 5 rings (SSSR count). The summed E-state index contributed by atoms with van der Waals surface area (Å²) < 4.78 is 6.36. The molecule has 5 nitrogen and oxygen atoms in total. The Morgan fingerprint density at radius 3 is 2.42 bits per heavy atom. The molecule has 2 heterocycles. The van der Waals surface area contributed by atoms with Crippen molar-refractivity contribution in [2.75, 3.05) is 0 Å². The molecule has 0 radical (unpaired) electrons. The third kappa shape index (κ3) is 4.46. The number of hydrogen-bond acceptors (Lipinski definition) is 4. The van der Waals surface area contributed by atoms with Gasteiger partial charge < -0.3 is 9.84 Å². The van der Waals surface area contributed by atoms with Crippen molar-refractivity contribution in [2.45, 2.75) is 89.4 Å². The first-order chi connectivity index (χ1) is 16.1. The quantitative estimate of drug-likeness (QED) is 0.599. The summed E-state index contributed by atoms with van der Waals surface area (Å²) >= 11 is 0. The summed E-state index contributed by atoms with van der Waals surface area (Å²) in [5.74, 6) is 0.680. The fraction of sp³-hybridized carbons (Fsp3) is 0.571. The zero-order valence-corrected chi connectivity index (χ0v) is 19.5. The van der Waals surface area contributed by atoms with E-state index in [0.29, 0.717) is 23.4 Å². The Morgan fingerprint density at radius 2 is 1.79 bits per heavy atom. The first-order valence-electron chi connectivity index (χ1n) is 12.7. The van der Waals surface area contributed by atoms with Crippen LogP contribution in [0.3, 0.4) is 0 Å². The number of carboxylic acids is 1. The van der Waals surface area contributed by atoms with Crippen LogP contribution in [-0.2, 0) is 11.3 Å². The Kier molecular flexibility index (Phi) is 6.29. The molecule has 2 aliphatic heterocycles. The Balaban J connectivity index is 1.35. The average Bonchev–Trinajstić information content (AvgIpc) is 3.05. The SMILES string of the molecule is CC[C@H]1CC[C@@H](Oc2ccc3ccc(CN4C5CCC4CC(C(=O)O)C5)cc3c2C#N)CC1. The summed E-state index contributed by atoms with van der Waals surface area (Å²) in [5, 5.41) is 21.5. The van der Waals surface area contributed by atoms with Crippen molar-refractivity contribution in [3.8, 4) is 11.8 Å². The van der Waals surface area contributed by atoms with Gasteiger partial charge in [0.15, 0.2) is 0 Å². The van der Waals surface area contributed by atoms with Crippen molar-refractivity contribution < 1.29 is 14.6 Å². The number of ether oxygens (including phenoxy) is 1. The van der Waals surface area contributed by atoms with Gasteiger partial charge in [0.1, 0.15) is 17.4 Å². The molecule has 2 atom stereocenters. The number of piperidine rings is 1. The van der Waals surface area contributed by atoms with E-state index >= 15 is 0 Å². The van der Waals surface area contributed by atoms with Crippen LogP contribution < -0.4 is 4.74 Å². The molecule has 2 aromatic rings. The molecule has 1 N–H and O–H groups in total. The van der Waals surface area contributed by atoms with Gasteiger partial charge in [0.2, 0.25) is 0 Å². The van der Waals surface area contributed by atoms with Crippen molar-refractivity contribution >= 4 is 16.7 Å². The van der Waals surface area contributed by atoms with Crippen LogP contribution in [0.2, 0.25) is 0 Å². The number of hydrogen-bond donors (Lipinski definition) is 1. The van der Waals surface area contributed by atoms with Gasteiger partial charge in [0.25, 0.3) is 0 Å². The van der Waals surface area contributed by atoms with E-state index in [9.17, 15) is 15.2 Å². The molecule has 1 aliphatic carbocycles. The summed E-state index contributed by atoms with van der Waals surface area (Å²) in [5.41, 5.74) is 1.82. The Bertz CT molecular complexity index is 1050. The van der Waals surface area contributed by atoms with Gasteiger partial charge in [-0.15, -0.1) is 0 Å². The predicted octanol–water partition coefficient (Wildman–Crippen LogP) is 5.89. The summed E-state index contributed by atoms with van der Waals surface area (Å²) in [6, 6.07) is 13.6. The highest BCUT2D eigenvalue weighted by Gasteiger charge is 2.42. The van der Waals surface area contributed by atoms with Crippen LogP contribution in [-0.4, -0.2) is 34.2 Å². The fourth-order valence-electron chi connectivity index (χ4n) is 6.44. The second-order valence-electron chi connectivity index (χ2n) is 10.3. The zero-order valence-electron chi connectivity index (χ0n) is 19.5.